The maximum absolute atomic E-state index is 15.8. The summed E-state index contributed by atoms with van der Waals surface area (Å²) in [6, 6.07) is 2.50. The number of rotatable bonds is 6. The average molecular weight is 596 g/mol. The van der Waals surface area contributed by atoms with Gasteiger partial charge >= 0.3 is 5.69 Å². The van der Waals surface area contributed by atoms with Gasteiger partial charge in [0.2, 0.25) is 5.91 Å². The second-order valence-corrected chi connectivity index (χ2v) is 12.3. The normalized spacial score (nSPS) is 15.9. The zero-order chi connectivity index (χ0) is 30.5. The SMILES string of the molecule is C=CC(=O)N1CCN(c2nc(=O)n(-c3c(C(C)C)ccnc3S(C)(=O)=O)c3nc(-c4[nH]cnc4N)c(F)cc23)[C@@H](C)C1. The Labute approximate surface area is 240 Å². The van der Waals surface area contributed by atoms with E-state index < -0.39 is 21.3 Å². The van der Waals surface area contributed by atoms with Gasteiger partial charge in [-0.25, -0.2) is 37.1 Å². The van der Waals surface area contributed by atoms with Crippen molar-refractivity contribution in [1.82, 2.24) is 34.4 Å². The van der Waals surface area contributed by atoms with Gasteiger partial charge in [-0.05, 0) is 36.6 Å². The first-order valence-corrected chi connectivity index (χ1v) is 15.0. The molecule has 4 aromatic rings. The number of nitrogen functional groups attached to an aromatic ring is 1. The Bertz CT molecular complexity index is 1900. The standard InChI is InChI=1S/C27H30FN9O4S/c1-6-19(38)35-9-10-36(15(4)12-35)24-17-11-18(28)20(21-23(29)32-13-31-21)33-25(17)37(27(39)34-24)22-16(14(2)3)7-8-30-26(22)42(5,40)41/h6-8,11,13-15H,1,9-10,12,29H2,2-5H3,(H,31,32)/t15-/m0/s1. The van der Waals surface area contributed by atoms with Gasteiger partial charge in [0, 0.05) is 38.1 Å². The molecule has 0 spiro atoms. The van der Waals surface area contributed by atoms with Gasteiger partial charge in [-0.2, -0.15) is 4.98 Å². The summed E-state index contributed by atoms with van der Waals surface area (Å²) in [7, 11) is -3.94. The van der Waals surface area contributed by atoms with E-state index in [1.54, 1.807) is 15.9 Å². The molecule has 0 aliphatic carbocycles. The molecular formula is C27H30FN9O4S. The molecule has 13 nitrogen and oxygen atoms in total. The zero-order valence-corrected chi connectivity index (χ0v) is 24.3. The number of anilines is 2. The van der Waals surface area contributed by atoms with Crippen LogP contribution in [-0.4, -0.2) is 80.6 Å². The molecule has 1 aliphatic heterocycles. The Balaban J connectivity index is 1.87. The summed E-state index contributed by atoms with van der Waals surface area (Å²) in [6.45, 7) is 10.0. The van der Waals surface area contributed by atoms with E-state index in [2.05, 4.69) is 31.5 Å². The molecule has 1 fully saturated rings. The number of fused-ring (bicyclic) bond motifs is 1. The van der Waals surface area contributed by atoms with E-state index in [-0.39, 0.29) is 62.6 Å². The van der Waals surface area contributed by atoms with Crippen LogP contribution in [-0.2, 0) is 14.6 Å². The summed E-state index contributed by atoms with van der Waals surface area (Å²) in [4.78, 5) is 49.3. The highest BCUT2D eigenvalue weighted by atomic mass is 32.2. The highest BCUT2D eigenvalue weighted by Gasteiger charge is 2.32. The van der Waals surface area contributed by atoms with E-state index in [4.69, 9.17) is 5.73 Å². The number of hydrogen-bond donors (Lipinski definition) is 2. The molecule has 1 aliphatic rings. The number of H-pyrrole nitrogens is 1. The number of piperazine rings is 1. The lowest BCUT2D eigenvalue weighted by molar-refractivity contribution is -0.126. The molecule has 15 heteroatoms. The number of nitrogens with two attached hydrogens (primary N) is 1. The molecule has 0 saturated carbocycles. The minimum Gasteiger partial charge on any atom is -0.382 e. The topological polar surface area (TPSA) is 173 Å². The van der Waals surface area contributed by atoms with Crippen LogP contribution >= 0.6 is 0 Å². The molecule has 0 radical (unpaired) electrons. The molecule has 42 heavy (non-hydrogen) atoms. The summed E-state index contributed by atoms with van der Waals surface area (Å²) in [5.74, 6) is -1.09. The van der Waals surface area contributed by atoms with Gasteiger partial charge in [-0.1, -0.05) is 20.4 Å². The minimum atomic E-state index is -3.94. The predicted octanol–water partition coefficient (Wildman–Crippen LogP) is 2.04. The van der Waals surface area contributed by atoms with Crippen LogP contribution in [0.2, 0.25) is 0 Å². The molecule has 3 N–H and O–H groups in total. The zero-order valence-electron chi connectivity index (χ0n) is 23.5. The van der Waals surface area contributed by atoms with Crippen molar-refractivity contribution in [2.75, 3.05) is 36.5 Å². The number of amides is 1. The molecule has 1 atom stereocenters. The highest BCUT2D eigenvalue weighted by molar-refractivity contribution is 7.90. The van der Waals surface area contributed by atoms with Crippen molar-refractivity contribution >= 4 is 38.4 Å². The molecule has 0 unspecified atom stereocenters. The van der Waals surface area contributed by atoms with Crippen molar-refractivity contribution in [3.63, 3.8) is 0 Å². The van der Waals surface area contributed by atoms with E-state index >= 15 is 4.39 Å². The summed E-state index contributed by atoms with van der Waals surface area (Å²) in [5.41, 5.74) is 5.44. The fourth-order valence-electron chi connectivity index (χ4n) is 5.21. The van der Waals surface area contributed by atoms with Crippen LogP contribution in [0.3, 0.4) is 0 Å². The lowest BCUT2D eigenvalue weighted by Crippen LogP contribution is -2.54. The van der Waals surface area contributed by atoms with Gasteiger partial charge < -0.3 is 20.5 Å². The van der Waals surface area contributed by atoms with Crippen LogP contribution < -0.4 is 16.3 Å². The van der Waals surface area contributed by atoms with Gasteiger partial charge in [0.15, 0.2) is 32.1 Å². The number of nitrogens with zero attached hydrogens (tertiary/aromatic N) is 7. The van der Waals surface area contributed by atoms with Crippen LogP contribution in [0, 0.1) is 5.82 Å². The van der Waals surface area contributed by atoms with Gasteiger partial charge in [0.1, 0.15) is 17.2 Å². The largest absolute Gasteiger partial charge is 0.382 e. The molecule has 1 saturated heterocycles. The van der Waals surface area contributed by atoms with Crippen LogP contribution in [0.5, 0.6) is 0 Å². The van der Waals surface area contributed by atoms with Gasteiger partial charge in [0.25, 0.3) is 0 Å². The summed E-state index contributed by atoms with van der Waals surface area (Å²) in [5, 5.41) is -0.187. The number of carbonyl (C=O) groups is 1. The van der Waals surface area contributed by atoms with Crippen molar-refractivity contribution in [3.8, 4) is 17.1 Å². The van der Waals surface area contributed by atoms with Crippen LogP contribution in [0.25, 0.3) is 28.1 Å². The Morgan fingerprint density at radius 2 is 2.00 bits per heavy atom. The number of aromatic nitrogens is 6. The van der Waals surface area contributed by atoms with E-state index in [1.165, 1.54) is 24.7 Å². The molecular weight excluding hydrogens is 565 g/mol. The molecule has 5 rings (SSSR count). The maximum atomic E-state index is 15.8. The fraction of sp³-hybridized carbons (Fsp3) is 0.333. The molecule has 5 heterocycles. The van der Waals surface area contributed by atoms with E-state index in [9.17, 15) is 18.0 Å². The van der Waals surface area contributed by atoms with E-state index in [0.717, 1.165) is 10.8 Å². The smallest absolute Gasteiger partial charge is 0.355 e. The number of nitrogens with one attached hydrogen (secondary N) is 1. The monoisotopic (exact) mass is 595 g/mol. The lowest BCUT2D eigenvalue weighted by atomic mass is 10.0. The van der Waals surface area contributed by atoms with Gasteiger partial charge in [0.05, 0.1) is 17.4 Å². The maximum Gasteiger partial charge on any atom is 0.355 e. The van der Waals surface area contributed by atoms with Crippen molar-refractivity contribution < 1.29 is 17.6 Å². The molecule has 220 valence electrons. The molecule has 0 bridgehead atoms. The van der Waals surface area contributed by atoms with E-state index in [0.29, 0.717) is 25.2 Å². The Kier molecular flexibility index (Phi) is 7.30. The minimum absolute atomic E-state index is 0.0124. The number of imidazole rings is 1. The van der Waals surface area contributed by atoms with Crippen molar-refractivity contribution in [2.24, 2.45) is 0 Å². The van der Waals surface area contributed by atoms with Crippen LogP contribution in [0.4, 0.5) is 16.0 Å². The van der Waals surface area contributed by atoms with Gasteiger partial charge in [-0.3, -0.25) is 4.79 Å². The lowest BCUT2D eigenvalue weighted by Gasteiger charge is -2.40. The molecule has 1 amide bonds. The third-order valence-corrected chi connectivity index (χ3v) is 8.21. The number of hydrogen-bond acceptors (Lipinski definition) is 10. The van der Waals surface area contributed by atoms with Gasteiger partial charge in [-0.15, -0.1) is 0 Å². The number of pyridine rings is 2. The average Bonchev–Trinajstić information content (AvgIpc) is 3.36. The second kappa shape index (κ2) is 10.6. The summed E-state index contributed by atoms with van der Waals surface area (Å²) in [6.07, 6.45) is 4.87. The molecule has 0 aromatic carbocycles. The first-order valence-electron chi connectivity index (χ1n) is 13.1. The second-order valence-electron chi connectivity index (χ2n) is 10.4. The summed E-state index contributed by atoms with van der Waals surface area (Å²) >= 11 is 0. The predicted molar refractivity (Wildman–Crippen MR) is 156 cm³/mol. The number of sulfone groups is 1. The Morgan fingerprint density at radius 3 is 2.60 bits per heavy atom. The van der Waals surface area contributed by atoms with E-state index in [1.807, 2.05) is 20.8 Å². The number of halogens is 1. The third kappa shape index (κ3) is 4.89. The van der Waals surface area contributed by atoms with Crippen molar-refractivity contribution in [3.05, 3.63) is 59.2 Å². The summed E-state index contributed by atoms with van der Waals surface area (Å²) < 4.78 is 42.7. The Morgan fingerprint density at radius 1 is 1.26 bits per heavy atom. The number of aromatic amines is 1. The van der Waals surface area contributed by atoms with Crippen molar-refractivity contribution in [1.29, 1.82) is 0 Å². The fourth-order valence-corrected chi connectivity index (χ4v) is 6.02. The molecule has 4 aromatic heterocycles. The van der Waals surface area contributed by atoms with Crippen LogP contribution in [0.1, 0.15) is 32.3 Å². The third-order valence-electron chi connectivity index (χ3n) is 7.21. The number of carbonyl (C=O) groups excluding carboxylic acids is 1. The quantitative estimate of drug-likeness (QED) is 0.314. The van der Waals surface area contributed by atoms with Crippen LogP contribution in [0.15, 0.2) is 47.1 Å². The Hall–Kier alpha value is -4.66. The first kappa shape index (κ1) is 28.9. The first-order chi connectivity index (χ1) is 19.8. The highest BCUT2D eigenvalue weighted by Crippen LogP contribution is 2.34. The van der Waals surface area contributed by atoms with Crippen molar-refractivity contribution in [2.45, 2.75) is 37.8 Å².